The second kappa shape index (κ2) is 12.1. The van der Waals surface area contributed by atoms with Crippen LogP contribution in [0.2, 0.25) is 0 Å². The summed E-state index contributed by atoms with van der Waals surface area (Å²) in [6, 6.07) is 14.3. The van der Waals surface area contributed by atoms with Crippen molar-refractivity contribution in [1.82, 2.24) is 25.6 Å². The SMILES string of the molecule is O=C1NCCCNCCCOc2ccc(cc2)C2(CC2)Nc2nc(nc(OCC(F)(F)F)n2)Cc2ccc1cc2. The van der Waals surface area contributed by atoms with E-state index < -0.39 is 24.3 Å². The molecule has 4 aliphatic heterocycles. The Morgan fingerprint density at radius 3 is 2.40 bits per heavy atom. The van der Waals surface area contributed by atoms with Crippen LogP contribution < -0.4 is 25.4 Å². The molecule has 40 heavy (non-hydrogen) atoms. The average Bonchev–Trinajstić information content (AvgIpc) is 3.71. The number of nitrogens with one attached hydrogen (secondary N) is 3. The molecule has 1 amide bonds. The molecule has 9 nitrogen and oxygen atoms in total. The Kier molecular flexibility index (Phi) is 8.34. The Morgan fingerprint density at radius 1 is 0.925 bits per heavy atom. The summed E-state index contributed by atoms with van der Waals surface area (Å²) in [5.74, 6) is 0.961. The van der Waals surface area contributed by atoms with Crippen LogP contribution in [0.5, 0.6) is 11.8 Å². The van der Waals surface area contributed by atoms with Crippen molar-refractivity contribution in [3.05, 3.63) is 71.0 Å². The van der Waals surface area contributed by atoms with Crippen molar-refractivity contribution in [3.8, 4) is 11.8 Å². The van der Waals surface area contributed by atoms with Gasteiger partial charge in [0.25, 0.3) is 5.91 Å². The zero-order chi connectivity index (χ0) is 28.0. The first-order valence-electron chi connectivity index (χ1n) is 13.3. The van der Waals surface area contributed by atoms with Gasteiger partial charge in [-0.1, -0.05) is 24.3 Å². The van der Waals surface area contributed by atoms with Crippen LogP contribution in [0.3, 0.4) is 0 Å². The molecule has 0 unspecified atom stereocenters. The number of rotatable bonds is 2. The van der Waals surface area contributed by atoms with E-state index in [0.29, 0.717) is 18.7 Å². The number of anilines is 1. The molecule has 5 aliphatic rings. The number of alkyl halides is 3. The van der Waals surface area contributed by atoms with Gasteiger partial charge in [-0.25, -0.2) is 0 Å². The third-order valence-electron chi connectivity index (χ3n) is 6.69. The van der Waals surface area contributed by atoms with Gasteiger partial charge in [0.05, 0.1) is 12.1 Å². The maximum absolute atomic E-state index is 12.8. The van der Waals surface area contributed by atoms with E-state index in [1.807, 2.05) is 24.3 Å². The fraction of sp³-hybridized carbons (Fsp3) is 0.429. The predicted molar refractivity (Wildman–Crippen MR) is 142 cm³/mol. The number of carbonyl (C=O) groups excluding carboxylic acids is 1. The molecular weight excluding hydrogens is 525 g/mol. The summed E-state index contributed by atoms with van der Waals surface area (Å²) in [4.78, 5) is 25.2. The Hall–Kier alpha value is -3.93. The molecule has 0 atom stereocenters. The number of hydrogen-bond donors (Lipinski definition) is 3. The third kappa shape index (κ3) is 7.59. The lowest BCUT2D eigenvalue weighted by molar-refractivity contribution is -0.154. The van der Waals surface area contributed by atoms with Gasteiger partial charge in [0.15, 0.2) is 6.61 Å². The Morgan fingerprint density at radius 2 is 1.68 bits per heavy atom. The van der Waals surface area contributed by atoms with Crippen LogP contribution in [-0.4, -0.2) is 59.9 Å². The lowest BCUT2D eigenvalue weighted by Crippen LogP contribution is -2.28. The Balaban J connectivity index is 1.40. The fourth-order valence-electron chi connectivity index (χ4n) is 4.43. The number of aromatic nitrogens is 3. The van der Waals surface area contributed by atoms with E-state index in [1.54, 1.807) is 24.3 Å². The summed E-state index contributed by atoms with van der Waals surface area (Å²) in [5.41, 5.74) is 1.86. The van der Waals surface area contributed by atoms with Crippen LogP contribution in [-0.2, 0) is 12.0 Å². The highest BCUT2D eigenvalue weighted by molar-refractivity contribution is 5.94. The van der Waals surface area contributed by atoms with E-state index in [0.717, 1.165) is 55.6 Å². The van der Waals surface area contributed by atoms with Gasteiger partial charge in [-0.15, -0.1) is 0 Å². The zero-order valence-corrected chi connectivity index (χ0v) is 21.9. The average molecular weight is 557 g/mol. The Labute approximate surface area is 229 Å². The topological polar surface area (TPSA) is 110 Å². The standard InChI is InChI=1S/C28H31F3N6O3/c29-28(30,31)18-40-26-35-23-17-19-3-5-20(6-4-19)24(38)33-15-1-13-32-14-2-16-39-22-9-7-21(8-10-22)27(11-12-27)37-25(34-23)36-26/h3-10,32H,1-2,11-18H2,(H,33,38)(H,34,35,36,37). The lowest BCUT2D eigenvalue weighted by atomic mass is 10.1. The molecule has 1 aliphatic carbocycles. The first-order chi connectivity index (χ1) is 19.3. The predicted octanol–water partition coefficient (Wildman–Crippen LogP) is 4.00. The molecule has 1 spiro atoms. The van der Waals surface area contributed by atoms with Crippen LogP contribution in [0.15, 0.2) is 48.5 Å². The van der Waals surface area contributed by atoms with Crippen LogP contribution in [0.1, 0.15) is 53.0 Å². The summed E-state index contributed by atoms with van der Waals surface area (Å²) in [6.45, 7) is 1.19. The summed E-state index contributed by atoms with van der Waals surface area (Å²) < 4.78 is 49.3. The van der Waals surface area contributed by atoms with Gasteiger partial charge in [0.2, 0.25) is 5.95 Å². The van der Waals surface area contributed by atoms with Crippen molar-refractivity contribution in [3.63, 3.8) is 0 Å². The van der Waals surface area contributed by atoms with Crippen molar-refractivity contribution in [1.29, 1.82) is 0 Å². The summed E-state index contributed by atoms with van der Waals surface area (Å²) in [5, 5.41) is 9.57. The minimum atomic E-state index is -4.53. The third-order valence-corrected chi connectivity index (χ3v) is 6.69. The van der Waals surface area contributed by atoms with Crippen molar-refractivity contribution in [2.24, 2.45) is 0 Å². The van der Waals surface area contributed by atoms with Crippen molar-refractivity contribution >= 4 is 11.9 Å². The molecule has 0 saturated heterocycles. The van der Waals surface area contributed by atoms with Gasteiger partial charge >= 0.3 is 12.2 Å². The molecule has 0 radical (unpaired) electrons. The number of carbonyl (C=O) groups is 1. The van der Waals surface area contributed by atoms with E-state index >= 15 is 0 Å². The Bertz CT molecular complexity index is 1300. The van der Waals surface area contributed by atoms with Gasteiger partial charge in [0, 0.05) is 18.5 Å². The van der Waals surface area contributed by atoms with Gasteiger partial charge in [0.1, 0.15) is 11.6 Å². The highest BCUT2D eigenvalue weighted by Crippen LogP contribution is 2.48. The lowest BCUT2D eigenvalue weighted by Gasteiger charge is -2.19. The van der Waals surface area contributed by atoms with Gasteiger partial charge in [-0.2, -0.15) is 28.1 Å². The van der Waals surface area contributed by atoms with Gasteiger partial charge in [-0.3, -0.25) is 4.79 Å². The molecule has 1 aromatic heterocycles. The smallest absolute Gasteiger partial charge is 0.422 e. The van der Waals surface area contributed by atoms with Crippen LogP contribution in [0.25, 0.3) is 0 Å². The minimum Gasteiger partial charge on any atom is -0.494 e. The molecule has 1 saturated carbocycles. The van der Waals surface area contributed by atoms with E-state index in [4.69, 9.17) is 9.47 Å². The first kappa shape index (κ1) is 27.6. The minimum absolute atomic E-state index is 0.137. The largest absolute Gasteiger partial charge is 0.494 e. The number of ether oxygens (including phenoxy) is 2. The number of amides is 1. The number of hydrogen-bond acceptors (Lipinski definition) is 8. The second-order valence-electron chi connectivity index (χ2n) is 9.93. The number of benzene rings is 2. The molecule has 1 fully saturated rings. The van der Waals surface area contributed by atoms with Crippen molar-refractivity contribution in [2.45, 2.75) is 43.8 Å². The molecule has 5 heterocycles. The molecule has 2 aromatic carbocycles. The zero-order valence-electron chi connectivity index (χ0n) is 21.9. The van der Waals surface area contributed by atoms with Crippen LogP contribution in [0.4, 0.5) is 19.1 Å². The van der Waals surface area contributed by atoms with E-state index in [9.17, 15) is 18.0 Å². The van der Waals surface area contributed by atoms with E-state index in [1.165, 1.54) is 0 Å². The molecule has 3 N–H and O–H groups in total. The molecule has 12 heteroatoms. The summed E-state index contributed by atoms with van der Waals surface area (Å²) in [7, 11) is 0. The molecule has 212 valence electrons. The normalized spacial score (nSPS) is 17.8. The molecular formula is C28H31F3N6O3. The summed E-state index contributed by atoms with van der Waals surface area (Å²) in [6.07, 6.45) is -1.07. The number of halogens is 3. The van der Waals surface area contributed by atoms with Crippen molar-refractivity contribution in [2.75, 3.05) is 38.2 Å². The highest BCUT2D eigenvalue weighted by atomic mass is 19.4. The molecule has 3 aromatic rings. The van der Waals surface area contributed by atoms with Gasteiger partial charge in [-0.05, 0) is 74.2 Å². The van der Waals surface area contributed by atoms with E-state index in [-0.39, 0.29) is 24.1 Å². The summed E-state index contributed by atoms with van der Waals surface area (Å²) >= 11 is 0. The monoisotopic (exact) mass is 556 g/mol. The van der Waals surface area contributed by atoms with Crippen LogP contribution >= 0.6 is 0 Å². The molecule has 6 bridgehead atoms. The van der Waals surface area contributed by atoms with Crippen molar-refractivity contribution < 1.29 is 27.4 Å². The number of nitrogens with zero attached hydrogens (tertiary/aromatic N) is 3. The fourth-order valence-corrected chi connectivity index (χ4v) is 4.43. The second-order valence-corrected chi connectivity index (χ2v) is 9.93. The molecule has 8 rings (SSSR count). The maximum atomic E-state index is 12.8. The quantitative estimate of drug-likeness (QED) is 0.435. The maximum Gasteiger partial charge on any atom is 0.422 e. The van der Waals surface area contributed by atoms with E-state index in [2.05, 4.69) is 30.9 Å². The first-order valence-corrected chi connectivity index (χ1v) is 13.3. The highest BCUT2D eigenvalue weighted by Gasteiger charge is 2.45. The van der Waals surface area contributed by atoms with Gasteiger partial charge < -0.3 is 25.4 Å². The van der Waals surface area contributed by atoms with Crippen LogP contribution in [0, 0.1) is 0 Å².